The van der Waals surface area contributed by atoms with Gasteiger partial charge in [0, 0.05) is 10.4 Å². The van der Waals surface area contributed by atoms with Gasteiger partial charge in [-0.25, -0.2) is 4.79 Å². The van der Waals surface area contributed by atoms with Crippen molar-refractivity contribution >= 4 is 28.0 Å². The lowest BCUT2D eigenvalue weighted by Crippen LogP contribution is -2.45. The molecule has 0 heterocycles. The highest BCUT2D eigenvalue weighted by molar-refractivity contribution is 9.10. The molecular weight excluding hydrogens is 458 g/mol. The molecule has 0 aliphatic heterocycles. The number of carboxylic acid groups (broad SMARTS) is 1. The maximum Gasteiger partial charge on any atom is 0.407 e. The highest BCUT2D eigenvalue weighted by atomic mass is 79.9. The van der Waals surface area contributed by atoms with Crippen molar-refractivity contribution in [3.8, 4) is 11.1 Å². The van der Waals surface area contributed by atoms with Crippen LogP contribution in [0.5, 0.6) is 0 Å². The van der Waals surface area contributed by atoms with E-state index in [1.807, 2.05) is 36.4 Å². The predicted octanol–water partition coefficient (Wildman–Crippen LogP) is 5.68. The van der Waals surface area contributed by atoms with E-state index in [0.717, 1.165) is 26.7 Å². The average Bonchev–Trinajstić information content (AvgIpc) is 3.06. The van der Waals surface area contributed by atoms with E-state index in [2.05, 4.69) is 45.5 Å². The average molecular weight is 480 g/mol. The van der Waals surface area contributed by atoms with E-state index in [1.165, 1.54) is 0 Å². The molecule has 0 bridgehead atoms. The van der Waals surface area contributed by atoms with Gasteiger partial charge >= 0.3 is 12.1 Å². The molecule has 0 saturated heterocycles. The summed E-state index contributed by atoms with van der Waals surface area (Å²) in [7, 11) is 0. The quantitative estimate of drug-likeness (QED) is 0.476. The van der Waals surface area contributed by atoms with Crippen molar-refractivity contribution in [1.82, 2.24) is 5.32 Å². The van der Waals surface area contributed by atoms with Crippen LogP contribution in [0.25, 0.3) is 11.1 Å². The minimum atomic E-state index is -1.10. The minimum Gasteiger partial charge on any atom is -0.481 e. The second-order valence-electron chi connectivity index (χ2n) is 7.86. The molecule has 0 fully saturated rings. The largest absolute Gasteiger partial charge is 0.481 e. The molecule has 31 heavy (non-hydrogen) atoms. The topological polar surface area (TPSA) is 75.6 Å². The summed E-state index contributed by atoms with van der Waals surface area (Å²) in [6.45, 7) is 1.86. The predicted molar refractivity (Wildman–Crippen MR) is 122 cm³/mol. The highest BCUT2D eigenvalue weighted by Gasteiger charge is 2.33. The van der Waals surface area contributed by atoms with E-state index in [9.17, 15) is 14.7 Å². The van der Waals surface area contributed by atoms with Crippen LogP contribution in [0.2, 0.25) is 0 Å². The number of benzene rings is 3. The van der Waals surface area contributed by atoms with Crippen molar-refractivity contribution in [3.05, 3.63) is 94.0 Å². The Balaban J connectivity index is 1.52. The minimum absolute atomic E-state index is 0.0587. The van der Waals surface area contributed by atoms with Crippen molar-refractivity contribution in [2.24, 2.45) is 0 Å². The number of carbonyl (C=O) groups is 2. The fraction of sp³-hybridized carbons (Fsp3) is 0.200. The van der Waals surface area contributed by atoms with Gasteiger partial charge in [0.05, 0.1) is 12.0 Å². The molecule has 3 aromatic rings. The van der Waals surface area contributed by atoms with Crippen molar-refractivity contribution in [1.29, 1.82) is 0 Å². The van der Waals surface area contributed by atoms with Crippen molar-refractivity contribution in [2.75, 3.05) is 6.61 Å². The Morgan fingerprint density at radius 2 is 1.52 bits per heavy atom. The summed E-state index contributed by atoms with van der Waals surface area (Å²) in [5.74, 6) is -1.07. The van der Waals surface area contributed by atoms with Crippen LogP contribution >= 0.6 is 15.9 Å². The number of carboxylic acids is 1. The number of hydrogen-bond acceptors (Lipinski definition) is 3. The number of halogens is 1. The van der Waals surface area contributed by atoms with E-state index >= 15 is 0 Å². The molecule has 1 aliphatic carbocycles. The third-order valence-corrected chi connectivity index (χ3v) is 6.24. The van der Waals surface area contributed by atoms with Gasteiger partial charge in [0.25, 0.3) is 0 Å². The lowest BCUT2D eigenvalue weighted by atomic mass is 9.89. The molecular formula is C25H22BrNO4. The smallest absolute Gasteiger partial charge is 0.407 e. The molecule has 158 valence electrons. The number of carbonyl (C=O) groups excluding carboxylic acids is 1. The van der Waals surface area contributed by atoms with Gasteiger partial charge in [0.15, 0.2) is 0 Å². The Bertz CT molecular complexity index is 1080. The third-order valence-electron chi connectivity index (χ3n) is 5.71. The van der Waals surface area contributed by atoms with Gasteiger partial charge in [-0.2, -0.15) is 0 Å². The number of aliphatic carboxylic acids is 1. The molecule has 0 saturated carbocycles. The summed E-state index contributed by atoms with van der Waals surface area (Å²) in [5.41, 5.74) is 4.13. The maximum atomic E-state index is 12.7. The van der Waals surface area contributed by atoms with E-state index < -0.39 is 17.6 Å². The molecule has 1 unspecified atom stereocenters. The van der Waals surface area contributed by atoms with Crippen LogP contribution in [0.1, 0.15) is 36.0 Å². The summed E-state index contributed by atoms with van der Waals surface area (Å²) in [6.07, 6.45) is -0.910. The Labute approximate surface area is 189 Å². The van der Waals surface area contributed by atoms with Crippen molar-refractivity contribution in [3.63, 3.8) is 0 Å². The van der Waals surface area contributed by atoms with Crippen LogP contribution in [0, 0.1) is 0 Å². The molecule has 6 heteroatoms. The van der Waals surface area contributed by atoms with Crippen molar-refractivity contribution < 1.29 is 19.4 Å². The number of fused-ring (bicyclic) bond motifs is 3. The zero-order chi connectivity index (χ0) is 22.0. The molecule has 1 atom stereocenters. The molecule has 0 radical (unpaired) electrons. The Morgan fingerprint density at radius 1 is 0.968 bits per heavy atom. The number of alkyl carbamates (subject to hydrolysis) is 1. The monoisotopic (exact) mass is 479 g/mol. The lowest BCUT2D eigenvalue weighted by molar-refractivity contribution is -0.138. The first-order valence-electron chi connectivity index (χ1n) is 9.98. The molecule has 3 aromatic carbocycles. The zero-order valence-corrected chi connectivity index (χ0v) is 18.6. The van der Waals surface area contributed by atoms with E-state index in [-0.39, 0.29) is 18.9 Å². The van der Waals surface area contributed by atoms with Crippen LogP contribution < -0.4 is 5.32 Å². The molecule has 1 amide bonds. The molecule has 0 spiro atoms. The Hall–Kier alpha value is -3.12. The first-order valence-corrected chi connectivity index (χ1v) is 10.8. The van der Waals surface area contributed by atoms with Gasteiger partial charge in [-0.05, 0) is 46.9 Å². The zero-order valence-electron chi connectivity index (χ0n) is 17.0. The number of rotatable bonds is 6. The first kappa shape index (κ1) is 21.1. The summed E-state index contributed by atoms with van der Waals surface area (Å²) < 4.78 is 6.48. The molecule has 0 aromatic heterocycles. The van der Waals surface area contributed by atoms with Gasteiger partial charge in [0.1, 0.15) is 6.61 Å². The van der Waals surface area contributed by atoms with Crippen LogP contribution in [-0.2, 0) is 15.1 Å². The maximum absolute atomic E-state index is 12.7. The third kappa shape index (κ3) is 4.35. The second-order valence-corrected chi connectivity index (χ2v) is 8.78. The number of hydrogen-bond donors (Lipinski definition) is 2. The summed E-state index contributed by atoms with van der Waals surface area (Å²) in [5, 5.41) is 12.2. The highest BCUT2D eigenvalue weighted by Crippen LogP contribution is 2.44. The number of amides is 1. The number of nitrogens with one attached hydrogen (secondary N) is 1. The standard InChI is InChI=1S/C25H22BrNO4/c1-25(14-23(28)29,16-10-12-17(26)13-11-16)27-24(30)31-15-22-20-8-4-2-6-18(20)19-7-3-5-9-21(19)22/h2-13,22H,14-15H2,1H3,(H,27,30)(H,28,29). The fourth-order valence-electron chi connectivity index (χ4n) is 4.20. The van der Waals surface area contributed by atoms with E-state index in [0.29, 0.717) is 5.56 Å². The molecule has 2 N–H and O–H groups in total. The van der Waals surface area contributed by atoms with Crippen LogP contribution in [0.3, 0.4) is 0 Å². The van der Waals surface area contributed by atoms with Gasteiger partial charge in [-0.3, -0.25) is 4.79 Å². The van der Waals surface area contributed by atoms with Crippen LogP contribution in [-0.4, -0.2) is 23.8 Å². The lowest BCUT2D eigenvalue weighted by Gasteiger charge is -2.30. The van der Waals surface area contributed by atoms with Crippen LogP contribution in [0.15, 0.2) is 77.3 Å². The van der Waals surface area contributed by atoms with E-state index in [1.54, 1.807) is 19.1 Å². The fourth-order valence-corrected chi connectivity index (χ4v) is 4.46. The Kier molecular flexibility index (Phi) is 5.83. The molecule has 1 aliphatic rings. The Morgan fingerprint density at radius 3 is 2.06 bits per heavy atom. The van der Waals surface area contributed by atoms with Gasteiger partial charge in [0.2, 0.25) is 0 Å². The number of ether oxygens (including phenoxy) is 1. The van der Waals surface area contributed by atoms with E-state index in [4.69, 9.17) is 4.74 Å². The summed E-state index contributed by atoms with van der Waals surface area (Å²) >= 11 is 3.37. The SMILES string of the molecule is CC(CC(=O)O)(NC(=O)OCC1c2ccccc2-c2ccccc21)c1ccc(Br)cc1. The summed E-state index contributed by atoms with van der Waals surface area (Å²) in [4.78, 5) is 24.2. The van der Waals surface area contributed by atoms with Gasteiger partial charge < -0.3 is 15.2 Å². The summed E-state index contributed by atoms with van der Waals surface area (Å²) in [6, 6.07) is 23.4. The normalized spacial score (nSPS) is 14.3. The van der Waals surface area contributed by atoms with Crippen molar-refractivity contribution in [2.45, 2.75) is 24.8 Å². The van der Waals surface area contributed by atoms with Crippen LogP contribution in [0.4, 0.5) is 4.79 Å². The van der Waals surface area contributed by atoms with Gasteiger partial charge in [-0.1, -0.05) is 76.6 Å². The first-order chi connectivity index (χ1) is 14.9. The van der Waals surface area contributed by atoms with Gasteiger partial charge in [-0.15, -0.1) is 0 Å². The molecule has 5 nitrogen and oxygen atoms in total. The molecule has 4 rings (SSSR count). The second kappa shape index (κ2) is 8.55.